The van der Waals surface area contributed by atoms with E-state index in [1.54, 1.807) is 11.3 Å². The molecule has 2 N–H and O–H groups in total. The van der Waals surface area contributed by atoms with Gasteiger partial charge in [-0.25, -0.2) is 15.0 Å². The highest BCUT2D eigenvalue weighted by Crippen LogP contribution is 2.24. The van der Waals surface area contributed by atoms with Crippen LogP contribution in [0.15, 0.2) is 12.3 Å². The number of hydrogen-bond acceptors (Lipinski definition) is 6. The van der Waals surface area contributed by atoms with Gasteiger partial charge in [-0.05, 0) is 13.8 Å². The van der Waals surface area contributed by atoms with E-state index in [0.717, 1.165) is 35.6 Å². The average molecular weight is 261 g/mol. The van der Waals surface area contributed by atoms with Crippen molar-refractivity contribution in [3.8, 4) is 0 Å². The van der Waals surface area contributed by atoms with Crippen molar-refractivity contribution < 1.29 is 0 Å². The van der Waals surface area contributed by atoms with Gasteiger partial charge in [0, 0.05) is 36.1 Å². The van der Waals surface area contributed by atoms with Gasteiger partial charge in [-0.15, -0.1) is 11.3 Å². The fourth-order valence-corrected chi connectivity index (χ4v) is 2.56. The quantitative estimate of drug-likeness (QED) is 0.884. The first-order chi connectivity index (χ1) is 8.70. The van der Waals surface area contributed by atoms with Crippen LogP contribution in [-0.4, -0.2) is 28.0 Å². The Labute approximate surface area is 110 Å². The van der Waals surface area contributed by atoms with Crippen LogP contribution in [0.5, 0.6) is 0 Å². The molecule has 5 nitrogen and oxygen atoms in total. The van der Waals surface area contributed by atoms with E-state index >= 15 is 0 Å². The molecule has 0 radical (unpaired) electrons. The molecule has 1 aliphatic rings. The van der Waals surface area contributed by atoms with Crippen LogP contribution >= 0.6 is 11.3 Å². The third-order valence-corrected chi connectivity index (χ3v) is 3.74. The predicted molar refractivity (Wildman–Crippen MR) is 72.5 cm³/mol. The molecule has 0 amide bonds. The number of rotatable bonds is 3. The second-order valence-corrected chi connectivity index (χ2v) is 5.72. The van der Waals surface area contributed by atoms with E-state index in [1.165, 1.54) is 4.88 Å². The van der Waals surface area contributed by atoms with Crippen LogP contribution in [0, 0.1) is 13.8 Å². The van der Waals surface area contributed by atoms with Crippen LogP contribution in [0.1, 0.15) is 22.3 Å². The summed E-state index contributed by atoms with van der Waals surface area (Å²) in [5.41, 5.74) is 1.11. The second kappa shape index (κ2) is 4.62. The van der Waals surface area contributed by atoms with Crippen LogP contribution in [0.2, 0.25) is 0 Å². The molecule has 1 aliphatic heterocycles. The molecule has 3 heterocycles. The van der Waals surface area contributed by atoms with Gasteiger partial charge in [0.05, 0.1) is 5.69 Å². The van der Waals surface area contributed by atoms with Crippen LogP contribution in [0.4, 0.5) is 10.9 Å². The summed E-state index contributed by atoms with van der Waals surface area (Å²) in [6.07, 6.45) is 1.86. The van der Waals surface area contributed by atoms with Crippen molar-refractivity contribution in [2.45, 2.75) is 19.8 Å². The Kier molecular flexibility index (Phi) is 2.97. The highest BCUT2D eigenvalue weighted by Gasteiger charge is 2.21. The van der Waals surface area contributed by atoms with Gasteiger partial charge in [0.25, 0.3) is 0 Å². The summed E-state index contributed by atoms with van der Waals surface area (Å²) >= 11 is 1.63. The molecule has 0 unspecified atom stereocenters. The fourth-order valence-electron chi connectivity index (χ4n) is 1.88. The van der Waals surface area contributed by atoms with E-state index in [2.05, 4.69) is 25.6 Å². The van der Waals surface area contributed by atoms with Gasteiger partial charge >= 0.3 is 0 Å². The topological polar surface area (TPSA) is 62.7 Å². The van der Waals surface area contributed by atoms with E-state index in [4.69, 9.17) is 0 Å². The molecule has 0 bridgehead atoms. The van der Waals surface area contributed by atoms with E-state index in [1.807, 2.05) is 26.1 Å². The van der Waals surface area contributed by atoms with Crippen LogP contribution in [0.25, 0.3) is 0 Å². The number of thiazole rings is 1. The smallest absolute Gasteiger partial charge is 0.188 e. The highest BCUT2D eigenvalue weighted by atomic mass is 32.1. The molecule has 2 aromatic heterocycles. The molecule has 0 aromatic carbocycles. The molecule has 94 valence electrons. The zero-order chi connectivity index (χ0) is 12.5. The summed E-state index contributed by atoms with van der Waals surface area (Å²) in [6.45, 7) is 5.98. The van der Waals surface area contributed by atoms with Crippen LogP contribution < -0.4 is 10.6 Å². The lowest BCUT2D eigenvalue weighted by atomic mass is 9.99. The van der Waals surface area contributed by atoms with Crippen molar-refractivity contribution in [2.75, 3.05) is 18.4 Å². The van der Waals surface area contributed by atoms with E-state index in [-0.39, 0.29) is 0 Å². The molecule has 0 saturated carbocycles. The lowest BCUT2D eigenvalue weighted by molar-refractivity contribution is 0.438. The number of nitrogens with one attached hydrogen (secondary N) is 2. The third-order valence-electron chi connectivity index (χ3n) is 2.91. The van der Waals surface area contributed by atoms with Crippen molar-refractivity contribution in [1.29, 1.82) is 0 Å². The SMILES string of the molecule is Cc1nc(Nc2ncc(C)s2)cc(C2CNC2)n1. The molecule has 0 aliphatic carbocycles. The minimum Gasteiger partial charge on any atom is -0.316 e. The molecule has 0 atom stereocenters. The number of nitrogens with zero attached hydrogens (tertiary/aromatic N) is 3. The zero-order valence-electron chi connectivity index (χ0n) is 10.4. The molecule has 1 fully saturated rings. The first-order valence-corrected chi connectivity index (χ1v) is 6.78. The van der Waals surface area contributed by atoms with Gasteiger partial charge in [0.1, 0.15) is 11.6 Å². The summed E-state index contributed by atoms with van der Waals surface area (Å²) in [5.74, 6) is 2.15. The first-order valence-electron chi connectivity index (χ1n) is 5.96. The van der Waals surface area contributed by atoms with Crippen molar-refractivity contribution in [3.05, 3.63) is 28.7 Å². The molecular formula is C12H15N5S. The molecule has 3 rings (SSSR count). The maximum Gasteiger partial charge on any atom is 0.188 e. The van der Waals surface area contributed by atoms with Gasteiger partial charge in [-0.3, -0.25) is 0 Å². The Morgan fingerprint density at radius 1 is 1.33 bits per heavy atom. The lowest BCUT2D eigenvalue weighted by Crippen LogP contribution is -2.40. The minimum atomic E-state index is 0.519. The van der Waals surface area contributed by atoms with Crippen LogP contribution in [0.3, 0.4) is 0 Å². The number of anilines is 2. The number of aromatic nitrogens is 3. The third kappa shape index (κ3) is 2.34. The van der Waals surface area contributed by atoms with Crippen molar-refractivity contribution in [1.82, 2.24) is 20.3 Å². The summed E-state index contributed by atoms with van der Waals surface area (Å²) < 4.78 is 0. The Hall–Kier alpha value is -1.53. The average Bonchev–Trinajstić information content (AvgIpc) is 2.60. The predicted octanol–water partition coefficient (Wildman–Crippen LogP) is 1.98. The number of aryl methyl sites for hydroxylation is 2. The fraction of sp³-hybridized carbons (Fsp3) is 0.417. The van der Waals surface area contributed by atoms with Gasteiger partial charge in [0.15, 0.2) is 5.13 Å². The van der Waals surface area contributed by atoms with Gasteiger partial charge < -0.3 is 10.6 Å². The maximum absolute atomic E-state index is 4.49. The molecule has 6 heteroatoms. The molecule has 2 aromatic rings. The van der Waals surface area contributed by atoms with Crippen molar-refractivity contribution in [3.63, 3.8) is 0 Å². The van der Waals surface area contributed by atoms with Gasteiger partial charge in [-0.2, -0.15) is 0 Å². The van der Waals surface area contributed by atoms with Gasteiger partial charge in [-0.1, -0.05) is 0 Å². The van der Waals surface area contributed by atoms with Crippen molar-refractivity contribution >= 4 is 22.3 Å². The summed E-state index contributed by atoms with van der Waals surface area (Å²) in [5, 5.41) is 7.38. The standard InChI is InChI=1S/C12H15N5S/c1-7-4-14-12(18-7)17-11-3-10(9-5-13-6-9)15-8(2)16-11/h3-4,9,13H,5-6H2,1-2H3,(H,14,15,16,17). The minimum absolute atomic E-state index is 0.519. The van der Waals surface area contributed by atoms with Crippen LogP contribution in [-0.2, 0) is 0 Å². The Bertz CT molecular complexity index is 561. The maximum atomic E-state index is 4.49. The monoisotopic (exact) mass is 261 g/mol. The zero-order valence-corrected chi connectivity index (χ0v) is 11.2. The first kappa shape index (κ1) is 11.6. The summed E-state index contributed by atoms with van der Waals surface area (Å²) in [4.78, 5) is 14.4. The summed E-state index contributed by atoms with van der Waals surface area (Å²) in [6, 6.07) is 2.02. The molecule has 1 saturated heterocycles. The van der Waals surface area contributed by atoms with E-state index in [9.17, 15) is 0 Å². The number of hydrogen-bond donors (Lipinski definition) is 2. The lowest BCUT2D eigenvalue weighted by Gasteiger charge is -2.26. The molecule has 0 spiro atoms. The summed E-state index contributed by atoms with van der Waals surface area (Å²) in [7, 11) is 0. The Morgan fingerprint density at radius 3 is 2.78 bits per heavy atom. The van der Waals surface area contributed by atoms with E-state index in [0.29, 0.717) is 5.92 Å². The second-order valence-electron chi connectivity index (χ2n) is 4.48. The Morgan fingerprint density at radius 2 is 2.17 bits per heavy atom. The molecule has 18 heavy (non-hydrogen) atoms. The normalized spacial score (nSPS) is 15.4. The van der Waals surface area contributed by atoms with Gasteiger partial charge in [0.2, 0.25) is 0 Å². The van der Waals surface area contributed by atoms with E-state index < -0.39 is 0 Å². The highest BCUT2D eigenvalue weighted by molar-refractivity contribution is 7.15. The Balaban J connectivity index is 1.84. The molecular weight excluding hydrogens is 246 g/mol. The largest absolute Gasteiger partial charge is 0.316 e. The van der Waals surface area contributed by atoms with Crippen molar-refractivity contribution in [2.24, 2.45) is 0 Å².